The van der Waals surface area contributed by atoms with Crippen molar-refractivity contribution < 1.29 is 13.9 Å². The molecule has 4 rings (SSSR count). The van der Waals surface area contributed by atoms with E-state index in [9.17, 15) is 9.59 Å². The average Bonchev–Trinajstić information content (AvgIpc) is 3.31. The van der Waals surface area contributed by atoms with Gasteiger partial charge in [0.2, 0.25) is 5.76 Å². The third kappa shape index (κ3) is 2.72. The van der Waals surface area contributed by atoms with Gasteiger partial charge in [-0.2, -0.15) is 0 Å². The lowest BCUT2D eigenvalue weighted by Gasteiger charge is -2.06. The second-order valence-electron chi connectivity index (χ2n) is 5.64. The Balaban J connectivity index is 1.81. The van der Waals surface area contributed by atoms with Gasteiger partial charge in [0, 0.05) is 16.5 Å². The van der Waals surface area contributed by atoms with Crippen LogP contribution in [0.5, 0.6) is 0 Å². The zero-order valence-corrected chi connectivity index (χ0v) is 14.7. The van der Waals surface area contributed by atoms with Crippen LogP contribution in [0.3, 0.4) is 0 Å². The summed E-state index contributed by atoms with van der Waals surface area (Å²) in [7, 11) is 1.28. The van der Waals surface area contributed by atoms with Crippen LogP contribution in [0.1, 0.15) is 16.1 Å². The Kier molecular flexibility index (Phi) is 4.14. The normalized spacial score (nSPS) is 11.0. The molecular formula is C19H14N2O4S. The lowest BCUT2D eigenvalue weighted by atomic mass is 10.1. The first-order valence-electron chi connectivity index (χ1n) is 7.86. The molecule has 6 nitrogen and oxygen atoms in total. The molecule has 3 aromatic heterocycles. The number of esters is 1. The molecule has 7 heteroatoms. The zero-order valence-electron chi connectivity index (χ0n) is 13.8. The third-order valence-corrected chi connectivity index (χ3v) is 4.99. The molecule has 0 saturated carbocycles. The number of carbonyl (C=O) groups is 1. The van der Waals surface area contributed by atoms with Gasteiger partial charge in [-0.25, -0.2) is 9.78 Å². The van der Waals surface area contributed by atoms with E-state index in [1.165, 1.54) is 35.6 Å². The fourth-order valence-corrected chi connectivity index (χ4v) is 3.73. The van der Waals surface area contributed by atoms with E-state index in [2.05, 4.69) is 4.98 Å². The lowest BCUT2D eigenvalue weighted by molar-refractivity contribution is 0.0563. The van der Waals surface area contributed by atoms with Crippen molar-refractivity contribution in [2.45, 2.75) is 6.54 Å². The predicted molar refractivity (Wildman–Crippen MR) is 98.5 cm³/mol. The Labute approximate surface area is 152 Å². The third-order valence-electron chi connectivity index (χ3n) is 4.10. The minimum absolute atomic E-state index is 0.0908. The number of carbonyl (C=O) groups excluding carboxylic acids is 1. The number of thiophene rings is 1. The average molecular weight is 366 g/mol. The molecule has 0 atom stereocenters. The number of hydrogen-bond donors (Lipinski definition) is 0. The Morgan fingerprint density at radius 1 is 1.27 bits per heavy atom. The fourth-order valence-electron chi connectivity index (χ4n) is 2.83. The van der Waals surface area contributed by atoms with Crippen molar-refractivity contribution in [3.8, 4) is 11.1 Å². The molecule has 0 N–H and O–H groups in total. The molecule has 130 valence electrons. The van der Waals surface area contributed by atoms with Gasteiger partial charge < -0.3 is 9.15 Å². The number of hydrogen-bond acceptors (Lipinski definition) is 6. The highest BCUT2D eigenvalue weighted by Gasteiger charge is 2.18. The van der Waals surface area contributed by atoms with Crippen molar-refractivity contribution in [1.29, 1.82) is 0 Å². The SMILES string of the molecule is COC(=O)c1occc1Cn1cnc2scc(-c3ccccc3)c2c1=O. The summed E-state index contributed by atoms with van der Waals surface area (Å²) in [6.07, 6.45) is 2.89. The van der Waals surface area contributed by atoms with Crippen LogP contribution in [0.25, 0.3) is 21.3 Å². The van der Waals surface area contributed by atoms with Gasteiger partial charge in [0.05, 0.1) is 31.6 Å². The first kappa shape index (κ1) is 16.3. The largest absolute Gasteiger partial charge is 0.463 e. The Morgan fingerprint density at radius 2 is 2.08 bits per heavy atom. The summed E-state index contributed by atoms with van der Waals surface area (Å²) >= 11 is 1.43. The number of furan rings is 1. The molecule has 0 saturated heterocycles. The molecule has 1 aromatic carbocycles. The minimum Gasteiger partial charge on any atom is -0.463 e. The number of aromatic nitrogens is 2. The Hall–Kier alpha value is -3.19. The molecular weight excluding hydrogens is 352 g/mol. The van der Waals surface area contributed by atoms with Crippen LogP contribution in [0.2, 0.25) is 0 Å². The van der Waals surface area contributed by atoms with Crippen LogP contribution in [-0.2, 0) is 11.3 Å². The second kappa shape index (κ2) is 6.61. The zero-order chi connectivity index (χ0) is 18.1. The van der Waals surface area contributed by atoms with Gasteiger partial charge in [0.15, 0.2) is 0 Å². The molecule has 0 radical (unpaired) electrons. The van der Waals surface area contributed by atoms with Crippen molar-refractivity contribution in [3.05, 3.63) is 76.0 Å². The van der Waals surface area contributed by atoms with Crippen LogP contribution in [0.15, 0.2) is 63.6 Å². The smallest absolute Gasteiger partial charge is 0.374 e. The number of rotatable bonds is 4. The topological polar surface area (TPSA) is 74.3 Å². The molecule has 3 heterocycles. The van der Waals surface area contributed by atoms with Crippen molar-refractivity contribution in [3.63, 3.8) is 0 Å². The summed E-state index contributed by atoms with van der Waals surface area (Å²) in [5.74, 6) is -0.485. The van der Waals surface area contributed by atoms with Crippen molar-refractivity contribution >= 4 is 27.5 Å². The Bertz CT molecular complexity index is 1140. The van der Waals surface area contributed by atoms with E-state index in [1.54, 1.807) is 6.07 Å². The molecule has 4 aromatic rings. The van der Waals surface area contributed by atoms with Crippen LogP contribution in [-0.4, -0.2) is 22.6 Å². The Morgan fingerprint density at radius 3 is 2.85 bits per heavy atom. The first-order chi connectivity index (χ1) is 12.7. The van der Waals surface area contributed by atoms with E-state index in [0.717, 1.165) is 11.1 Å². The van der Waals surface area contributed by atoms with Gasteiger partial charge in [0.25, 0.3) is 5.56 Å². The van der Waals surface area contributed by atoms with Crippen molar-refractivity contribution in [2.24, 2.45) is 0 Å². The minimum atomic E-state index is -0.576. The summed E-state index contributed by atoms with van der Waals surface area (Å²) in [6, 6.07) is 11.4. The van der Waals surface area contributed by atoms with Gasteiger partial charge in [-0.1, -0.05) is 30.3 Å². The number of methoxy groups -OCH3 is 1. The maximum atomic E-state index is 13.0. The summed E-state index contributed by atoms with van der Waals surface area (Å²) in [5.41, 5.74) is 2.23. The summed E-state index contributed by atoms with van der Waals surface area (Å²) < 4.78 is 11.4. The highest BCUT2D eigenvalue weighted by atomic mass is 32.1. The van der Waals surface area contributed by atoms with E-state index in [0.29, 0.717) is 15.8 Å². The first-order valence-corrected chi connectivity index (χ1v) is 8.73. The fraction of sp³-hybridized carbons (Fsp3) is 0.105. The van der Waals surface area contributed by atoms with Crippen LogP contribution in [0.4, 0.5) is 0 Å². The molecule has 0 aliphatic heterocycles. The molecule has 0 spiro atoms. The summed E-state index contributed by atoms with van der Waals surface area (Å²) in [5, 5.41) is 2.52. The highest BCUT2D eigenvalue weighted by molar-refractivity contribution is 7.17. The van der Waals surface area contributed by atoms with E-state index in [-0.39, 0.29) is 17.9 Å². The molecule has 0 fully saturated rings. The van der Waals surface area contributed by atoms with Crippen LogP contribution < -0.4 is 5.56 Å². The van der Waals surface area contributed by atoms with Crippen LogP contribution >= 0.6 is 11.3 Å². The second-order valence-corrected chi connectivity index (χ2v) is 6.50. The van der Waals surface area contributed by atoms with Gasteiger partial charge in [-0.3, -0.25) is 9.36 Å². The number of fused-ring (bicyclic) bond motifs is 1. The quantitative estimate of drug-likeness (QED) is 0.516. The predicted octanol–water partition coefficient (Wildman–Crippen LogP) is 3.55. The van der Waals surface area contributed by atoms with Gasteiger partial charge in [-0.05, 0) is 11.6 Å². The van der Waals surface area contributed by atoms with Gasteiger partial charge >= 0.3 is 5.97 Å². The molecule has 0 amide bonds. The molecule has 0 bridgehead atoms. The monoisotopic (exact) mass is 366 g/mol. The van der Waals surface area contributed by atoms with Gasteiger partial charge in [-0.15, -0.1) is 11.3 Å². The summed E-state index contributed by atoms with van der Waals surface area (Å²) in [6.45, 7) is 0.173. The molecule has 0 aliphatic carbocycles. The number of benzene rings is 1. The van der Waals surface area contributed by atoms with Crippen molar-refractivity contribution in [1.82, 2.24) is 9.55 Å². The summed E-state index contributed by atoms with van der Waals surface area (Å²) in [4.78, 5) is 29.9. The molecule has 0 unspecified atom stereocenters. The van der Waals surface area contributed by atoms with E-state index >= 15 is 0 Å². The maximum Gasteiger partial charge on any atom is 0.374 e. The maximum absolute atomic E-state index is 13.0. The molecule has 0 aliphatic rings. The number of nitrogens with zero attached hydrogens (tertiary/aromatic N) is 2. The lowest BCUT2D eigenvalue weighted by Crippen LogP contribution is -2.21. The van der Waals surface area contributed by atoms with E-state index in [4.69, 9.17) is 9.15 Å². The van der Waals surface area contributed by atoms with Crippen LogP contribution in [0, 0.1) is 0 Å². The van der Waals surface area contributed by atoms with Crippen molar-refractivity contribution in [2.75, 3.05) is 7.11 Å². The standard InChI is InChI=1S/C19H14N2O4S/c1-24-19(23)16-13(7-8-25-16)9-21-11-20-17-15(18(21)22)14(10-26-17)12-5-3-2-4-6-12/h2-8,10-11H,9H2,1H3. The number of ether oxygens (including phenoxy) is 1. The van der Waals surface area contributed by atoms with E-state index in [1.807, 2.05) is 35.7 Å². The van der Waals surface area contributed by atoms with E-state index < -0.39 is 5.97 Å². The molecule has 26 heavy (non-hydrogen) atoms. The van der Waals surface area contributed by atoms with Gasteiger partial charge in [0.1, 0.15) is 4.83 Å². The highest BCUT2D eigenvalue weighted by Crippen LogP contribution is 2.30.